The van der Waals surface area contributed by atoms with Crippen molar-refractivity contribution in [3.05, 3.63) is 45.6 Å². The minimum absolute atomic E-state index is 0.0577. The number of hydrogen-bond donors (Lipinski definition) is 0. The Balaban J connectivity index is 1.17. The van der Waals surface area contributed by atoms with Crippen LogP contribution in [0.5, 0.6) is 0 Å². The molecule has 1 saturated heterocycles. The molecule has 0 spiro atoms. The highest BCUT2D eigenvalue weighted by atomic mass is 32.1. The number of hydrogen-bond acceptors (Lipinski definition) is 8. The first-order valence-corrected chi connectivity index (χ1v) is 11.4. The molecule has 152 valence electrons. The Morgan fingerprint density at radius 2 is 2.10 bits per heavy atom. The number of nitrogens with zero attached hydrogens (tertiary/aromatic N) is 5. The molecular formula is C20H23N5O2S2. The van der Waals surface area contributed by atoms with Crippen molar-refractivity contribution in [2.24, 2.45) is 0 Å². The SMILES string of the molecule is Cc1nc(/C=C/C(=O)N2CCN(CCCc3nc(-c4cccs4)no3)CC2)cs1. The zero-order valence-corrected chi connectivity index (χ0v) is 17.9. The number of thiazole rings is 1. The number of carbonyl (C=O) groups is 1. The molecule has 29 heavy (non-hydrogen) atoms. The molecule has 0 radical (unpaired) electrons. The molecule has 4 heterocycles. The third-order valence-corrected chi connectivity index (χ3v) is 6.45. The normalized spacial score (nSPS) is 15.4. The smallest absolute Gasteiger partial charge is 0.246 e. The lowest BCUT2D eigenvalue weighted by atomic mass is 10.2. The van der Waals surface area contributed by atoms with Gasteiger partial charge < -0.3 is 9.42 Å². The molecule has 7 nitrogen and oxygen atoms in total. The highest BCUT2D eigenvalue weighted by molar-refractivity contribution is 7.13. The lowest BCUT2D eigenvalue weighted by molar-refractivity contribution is -0.127. The number of carbonyl (C=O) groups excluding carboxylic acids is 1. The predicted molar refractivity (Wildman–Crippen MR) is 115 cm³/mol. The quantitative estimate of drug-likeness (QED) is 0.536. The van der Waals surface area contributed by atoms with Crippen LogP contribution in [0.15, 0.2) is 33.5 Å². The average molecular weight is 430 g/mol. The molecule has 0 unspecified atom stereocenters. The van der Waals surface area contributed by atoms with E-state index in [4.69, 9.17) is 4.52 Å². The molecule has 0 saturated carbocycles. The van der Waals surface area contributed by atoms with E-state index in [1.165, 1.54) is 0 Å². The Labute approximate surface area is 177 Å². The van der Waals surface area contributed by atoms with Gasteiger partial charge in [0.2, 0.25) is 17.6 Å². The van der Waals surface area contributed by atoms with E-state index in [0.717, 1.165) is 61.1 Å². The summed E-state index contributed by atoms with van der Waals surface area (Å²) in [6.45, 7) is 6.21. The zero-order chi connectivity index (χ0) is 20.1. The summed E-state index contributed by atoms with van der Waals surface area (Å²) in [7, 11) is 0. The molecule has 0 N–H and O–H groups in total. The Kier molecular flexibility index (Phi) is 6.48. The summed E-state index contributed by atoms with van der Waals surface area (Å²) in [5.41, 5.74) is 0.850. The number of aryl methyl sites for hydroxylation is 2. The molecule has 4 rings (SSSR count). The minimum Gasteiger partial charge on any atom is -0.339 e. The van der Waals surface area contributed by atoms with Gasteiger partial charge in [-0.3, -0.25) is 9.69 Å². The van der Waals surface area contributed by atoms with E-state index >= 15 is 0 Å². The first-order chi connectivity index (χ1) is 14.2. The number of thiophene rings is 1. The highest BCUT2D eigenvalue weighted by Gasteiger charge is 2.19. The van der Waals surface area contributed by atoms with Gasteiger partial charge in [0, 0.05) is 44.1 Å². The van der Waals surface area contributed by atoms with Crippen LogP contribution in [0, 0.1) is 6.92 Å². The number of aromatic nitrogens is 3. The first kappa shape index (κ1) is 19.9. The average Bonchev–Trinajstić information content (AvgIpc) is 3.48. The molecular weight excluding hydrogens is 406 g/mol. The van der Waals surface area contributed by atoms with Crippen molar-refractivity contribution in [2.45, 2.75) is 19.8 Å². The summed E-state index contributed by atoms with van der Waals surface area (Å²) in [6, 6.07) is 3.98. The first-order valence-electron chi connectivity index (χ1n) is 9.65. The summed E-state index contributed by atoms with van der Waals surface area (Å²) >= 11 is 3.20. The third kappa shape index (κ3) is 5.37. The van der Waals surface area contributed by atoms with Crippen molar-refractivity contribution in [1.82, 2.24) is 24.9 Å². The van der Waals surface area contributed by atoms with Crippen molar-refractivity contribution in [2.75, 3.05) is 32.7 Å². The summed E-state index contributed by atoms with van der Waals surface area (Å²) < 4.78 is 5.35. The van der Waals surface area contributed by atoms with Gasteiger partial charge in [-0.15, -0.1) is 22.7 Å². The number of amides is 1. The van der Waals surface area contributed by atoms with E-state index in [2.05, 4.69) is 20.0 Å². The summed E-state index contributed by atoms with van der Waals surface area (Å²) in [6.07, 6.45) is 5.16. The van der Waals surface area contributed by atoms with Gasteiger partial charge in [-0.05, 0) is 37.4 Å². The van der Waals surface area contributed by atoms with E-state index < -0.39 is 0 Å². The standard InChI is InChI=1S/C20H23N5O2S2/c1-15-21-16(14-29-15)6-7-19(26)25-11-9-24(10-12-25)8-2-5-18-22-20(23-27-18)17-4-3-13-28-17/h3-4,6-7,13-14H,2,5,8-12H2,1H3/b7-6+. The fourth-order valence-electron chi connectivity index (χ4n) is 3.23. The van der Waals surface area contributed by atoms with Crippen LogP contribution in [0.1, 0.15) is 23.0 Å². The van der Waals surface area contributed by atoms with Crippen molar-refractivity contribution in [3.8, 4) is 10.7 Å². The van der Waals surface area contributed by atoms with Gasteiger partial charge in [0.25, 0.3) is 0 Å². The molecule has 1 aliphatic heterocycles. The van der Waals surface area contributed by atoms with Gasteiger partial charge in [-0.2, -0.15) is 4.98 Å². The summed E-state index contributed by atoms with van der Waals surface area (Å²) in [4.78, 5) is 26.5. The molecule has 0 bridgehead atoms. The van der Waals surface area contributed by atoms with E-state index in [9.17, 15) is 4.79 Å². The highest BCUT2D eigenvalue weighted by Crippen LogP contribution is 2.21. The van der Waals surface area contributed by atoms with Crippen molar-refractivity contribution < 1.29 is 9.32 Å². The van der Waals surface area contributed by atoms with Gasteiger partial charge in [0.05, 0.1) is 15.6 Å². The van der Waals surface area contributed by atoms with Crippen LogP contribution >= 0.6 is 22.7 Å². The molecule has 0 atom stereocenters. The number of piperazine rings is 1. The van der Waals surface area contributed by atoms with Gasteiger partial charge >= 0.3 is 0 Å². The van der Waals surface area contributed by atoms with Crippen molar-refractivity contribution in [1.29, 1.82) is 0 Å². The molecule has 9 heteroatoms. The van der Waals surface area contributed by atoms with Crippen molar-refractivity contribution >= 4 is 34.7 Å². The minimum atomic E-state index is 0.0577. The van der Waals surface area contributed by atoms with Crippen LogP contribution in [0.3, 0.4) is 0 Å². The maximum absolute atomic E-state index is 12.4. The van der Waals surface area contributed by atoms with E-state index in [-0.39, 0.29) is 5.91 Å². The van der Waals surface area contributed by atoms with Gasteiger partial charge in [-0.1, -0.05) is 11.2 Å². The number of rotatable bonds is 7. The van der Waals surface area contributed by atoms with Crippen LogP contribution in [-0.2, 0) is 11.2 Å². The molecule has 3 aromatic heterocycles. The van der Waals surface area contributed by atoms with Gasteiger partial charge in [0.15, 0.2) is 0 Å². The topological polar surface area (TPSA) is 75.4 Å². The Morgan fingerprint density at radius 3 is 2.83 bits per heavy atom. The summed E-state index contributed by atoms with van der Waals surface area (Å²) in [5.74, 6) is 1.41. The van der Waals surface area contributed by atoms with Crippen LogP contribution in [0.2, 0.25) is 0 Å². The summed E-state index contributed by atoms with van der Waals surface area (Å²) in [5, 5.41) is 9.03. The second kappa shape index (κ2) is 9.43. The van der Waals surface area contributed by atoms with Crippen LogP contribution < -0.4 is 0 Å². The van der Waals surface area contributed by atoms with Crippen LogP contribution in [-0.4, -0.2) is 63.6 Å². The molecule has 1 amide bonds. The molecule has 0 aliphatic carbocycles. The molecule has 3 aromatic rings. The molecule has 1 fully saturated rings. The van der Waals surface area contributed by atoms with E-state index in [0.29, 0.717) is 11.7 Å². The fraction of sp³-hybridized carbons (Fsp3) is 0.400. The maximum atomic E-state index is 12.4. The Hall–Kier alpha value is -2.36. The monoisotopic (exact) mass is 429 g/mol. The second-order valence-corrected chi connectivity index (χ2v) is 8.89. The lowest BCUT2D eigenvalue weighted by Gasteiger charge is -2.34. The predicted octanol–water partition coefficient (Wildman–Crippen LogP) is 3.35. The zero-order valence-electron chi connectivity index (χ0n) is 16.3. The maximum Gasteiger partial charge on any atom is 0.246 e. The van der Waals surface area contributed by atoms with Crippen LogP contribution in [0.4, 0.5) is 0 Å². The van der Waals surface area contributed by atoms with Gasteiger partial charge in [0.1, 0.15) is 0 Å². The third-order valence-electron chi connectivity index (χ3n) is 4.79. The largest absolute Gasteiger partial charge is 0.339 e. The Bertz CT molecular complexity index is 955. The van der Waals surface area contributed by atoms with E-state index in [1.807, 2.05) is 34.7 Å². The Morgan fingerprint density at radius 1 is 1.24 bits per heavy atom. The van der Waals surface area contributed by atoms with Crippen molar-refractivity contribution in [3.63, 3.8) is 0 Å². The van der Waals surface area contributed by atoms with Gasteiger partial charge in [-0.25, -0.2) is 4.98 Å². The second-order valence-electron chi connectivity index (χ2n) is 6.88. The lowest BCUT2D eigenvalue weighted by Crippen LogP contribution is -2.48. The fourth-order valence-corrected chi connectivity index (χ4v) is 4.46. The molecule has 1 aliphatic rings. The van der Waals surface area contributed by atoms with E-state index in [1.54, 1.807) is 34.8 Å². The molecule has 0 aromatic carbocycles. The van der Waals surface area contributed by atoms with Crippen LogP contribution in [0.25, 0.3) is 16.8 Å².